The van der Waals surface area contributed by atoms with E-state index >= 15 is 0 Å². The minimum Gasteiger partial charge on any atom is -0.382 e. The third kappa shape index (κ3) is 3.57. The first-order chi connectivity index (χ1) is 14.5. The molecule has 0 radical (unpaired) electrons. The van der Waals surface area contributed by atoms with Gasteiger partial charge in [0.1, 0.15) is 22.2 Å². The summed E-state index contributed by atoms with van der Waals surface area (Å²) in [6.07, 6.45) is 8.36. The third-order valence-electron chi connectivity index (χ3n) is 6.16. The molecular weight excluding hydrogens is 418 g/mol. The summed E-state index contributed by atoms with van der Waals surface area (Å²) in [6.45, 7) is 0. The van der Waals surface area contributed by atoms with Gasteiger partial charge in [0.2, 0.25) is 0 Å². The quantitative estimate of drug-likeness (QED) is 0.653. The summed E-state index contributed by atoms with van der Waals surface area (Å²) in [6, 6.07) is 7.51. The molecule has 2 aliphatic heterocycles. The van der Waals surface area contributed by atoms with Crippen molar-refractivity contribution in [2.24, 2.45) is 0 Å². The second-order valence-electron chi connectivity index (χ2n) is 8.21. The number of nitrogens with two attached hydrogens (primary N) is 1. The molecule has 30 heavy (non-hydrogen) atoms. The Hall–Kier alpha value is -2.16. The van der Waals surface area contributed by atoms with Gasteiger partial charge < -0.3 is 15.5 Å². The van der Waals surface area contributed by atoms with Crippen molar-refractivity contribution in [3.63, 3.8) is 0 Å². The van der Waals surface area contributed by atoms with Gasteiger partial charge in [0.25, 0.3) is 0 Å². The van der Waals surface area contributed by atoms with Gasteiger partial charge in [0.15, 0.2) is 5.65 Å². The number of nitrogen functional groups attached to an aromatic ring is 1. The maximum Gasteiger partial charge on any atom is 0.179 e. The Balaban J connectivity index is 1.40. The van der Waals surface area contributed by atoms with Gasteiger partial charge in [-0.25, -0.2) is 19.9 Å². The van der Waals surface area contributed by atoms with Gasteiger partial charge in [0, 0.05) is 29.2 Å². The Morgan fingerprint density at radius 3 is 2.60 bits per heavy atom. The molecule has 5 rings (SSSR count). The molecule has 0 aliphatic carbocycles. The van der Waals surface area contributed by atoms with E-state index in [9.17, 15) is 0 Å². The molecule has 0 spiro atoms. The number of hydrogen-bond acceptors (Lipinski definition) is 8. The second kappa shape index (κ2) is 7.83. The molecule has 156 valence electrons. The first-order valence-corrected chi connectivity index (χ1v) is 11.4. The van der Waals surface area contributed by atoms with Crippen molar-refractivity contribution in [3.8, 4) is 0 Å². The lowest BCUT2D eigenvalue weighted by Crippen LogP contribution is -2.49. The smallest absolute Gasteiger partial charge is 0.179 e. The van der Waals surface area contributed by atoms with E-state index in [4.69, 9.17) is 22.3 Å². The van der Waals surface area contributed by atoms with Crippen LogP contribution < -0.4 is 10.6 Å². The van der Waals surface area contributed by atoms with Crippen LogP contribution in [-0.4, -0.2) is 57.1 Å². The van der Waals surface area contributed by atoms with Crippen LogP contribution in [0.15, 0.2) is 40.5 Å². The highest BCUT2D eigenvalue weighted by Crippen LogP contribution is 2.40. The second-order valence-corrected chi connectivity index (χ2v) is 9.65. The molecule has 3 aromatic heterocycles. The molecule has 0 amide bonds. The zero-order chi connectivity index (χ0) is 20.8. The Kier molecular flexibility index (Phi) is 5.16. The Morgan fingerprint density at radius 2 is 1.87 bits per heavy atom. The van der Waals surface area contributed by atoms with Gasteiger partial charge in [-0.05, 0) is 58.0 Å². The van der Waals surface area contributed by atoms with Crippen LogP contribution in [0.4, 0.5) is 11.6 Å². The van der Waals surface area contributed by atoms with Crippen LogP contribution in [0.25, 0.3) is 11.2 Å². The number of halogens is 1. The standard InChI is InChI=1S/C21H24ClN7S/c1-28(2)14-9-12-3-4-13(10-14)29(12)17-11-25-21-15(26-17)5-6-18(27-21)30-16-7-8-24-20(23)19(16)22/h5-8,11-14H,3-4,9-10H2,1-2H3,(H2,23,24)/t12-,13+,14+. The minimum atomic E-state index is 0.319. The van der Waals surface area contributed by atoms with Crippen molar-refractivity contribution >= 4 is 46.2 Å². The van der Waals surface area contributed by atoms with E-state index in [2.05, 4.69) is 38.8 Å². The number of anilines is 2. The SMILES string of the molecule is CN(C)[C@H]1C[C@H]2CC[C@@H](C1)N2c1cnc2nc(Sc3ccnc(N)c3Cl)ccc2n1. The monoisotopic (exact) mass is 441 g/mol. The molecule has 0 aromatic carbocycles. The van der Waals surface area contributed by atoms with E-state index in [-0.39, 0.29) is 0 Å². The van der Waals surface area contributed by atoms with Crippen LogP contribution in [0.3, 0.4) is 0 Å². The zero-order valence-electron chi connectivity index (χ0n) is 17.0. The molecule has 0 unspecified atom stereocenters. The van der Waals surface area contributed by atoms with Gasteiger partial charge in [0.05, 0.1) is 11.2 Å². The Morgan fingerprint density at radius 1 is 1.10 bits per heavy atom. The topological polar surface area (TPSA) is 84.1 Å². The summed E-state index contributed by atoms with van der Waals surface area (Å²) >= 11 is 7.70. The van der Waals surface area contributed by atoms with E-state index in [0.29, 0.717) is 34.6 Å². The largest absolute Gasteiger partial charge is 0.382 e. The van der Waals surface area contributed by atoms with Crippen LogP contribution in [0.5, 0.6) is 0 Å². The summed E-state index contributed by atoms with van der Waals surface area (Å²) in [5.41, 5.74) is 7.25. The van der Waals surface area contributed by atoms with E-state index in [0.717, 1.165) is 21.3 Å². The average molecular weight is 442 g/mol. The number of fused-ring (bicyclic) bond motifs is 3. The van der Waals surface area contributed by atoms with Crippen molar-refractivity contribution in [1.29, 1.82) is 0 Å². The fourth-order valence-electron chi connectivity index (χ4n) is 4.64. The van der Waals surface area contributed by atoms with Crippen molar-refractivity contribution in [1.82, 2.24) is 24.8 Å². The number of aromatic nitrogens is 4. The maximum atomic E-state index is 6.26. The third-order valence-corrected chi connectivity index (χ3v) is 7.67. The van der Waals surface area contributed by atoms with Gasteiger partial charge in [-0.2, -0.15) is 0 Å². The van der Waals surface area contributed by atoms with Gasteiger partial charge in [-0.3, -0.25) is 0 Å². The van der Waals surface area contributed by atoms with Gasteiger partial charge >= 0.3 is 0 Å². The normalized spacial score (nSPS) is 23.5. The highest BCUT2D eigenvalue weighted by Gasteiger charge is 2.42. The van der Waals surface area contributed by atoms with Gasteiger partial charge in [-0.15, -0.1) is 0 Å². The van der Waals surface area contributed by atoms with Crippen LogP contribution >= 0.6 is 23.4 Å². The molecule has 9 heteroatoms. The first-order valence-electron chi connectivity index (χ1n) is 10.2. The number of nitrogens with zero attached hydrogens (tertiary/aromatic N) is 6. The number of hydrogen-bond donors (Lipinski definition) is 1. The molecule has 5 heterocycles. The number of piperidine rings is 1. The van der Waals surface area contributed by atoms with Crippen molar-refractivity contribution < 1.29 is 0 Å². The highest BCUT2D eigenvalue weighted by molar-refractivity contribution is 7.99. The van der Waals surface area contributed by atoms with Crippen LogP contribution in [0.2, 0.25) is 5.02 Å². The summed E-state index contributed by atoms with van der Waals surface area (Å²) in [4.78, 5) is 23.9. The molecule has 2 N–H and O–H groups in total. The van der Waals surface area contributed by atoms with E-state index in [1.54, 1.807) is 6.20 Å². The number of rotatable bonds is 4. The summed E-state index contributed by atoms with van der Waals surface area (Å²) in [5.74, 6) is 1.29. The molecule has 3 atom stereocenters. The Labute approximate surface area is 185 Å². The van der Waals surface area contributed by atoms with Crippen molar-refractivity contribution in [2.75, 3.05) is 24.7 Å². The molecular formula is C21H24ClN7S. The fourth-order valence-corrected chi connectivity index (χ4v) is 5.68. The lowest BCUT2D eigenvalue weighted by molar-refractivity contribution is 0.221. The Bertz CT molecular complexity index is 1080. The fraction of sp³-hybridized carbons (Fsp3) is 0.429. The van der Waals surface area contributed by atoms with E-state index < -0.39 is 0 Å². The summed E-state index contributed by atoms with van der Waals surface area (Å²) < 4.78 is 0. The summed E-state index contributed by atoms with van der Waals surface area (Å²) in [5, 5.41) is 1.24. The molecule has 2 bridgehead atoms. The van der Waals surface area contributed by atoms with Crippen LogP contribution in [-0.2, 0) is 0 Å². The number of pyridine rings is 2. The highest BCUT2D eigenvalue weighted by atomic mass is 35.5. The maximum absolute atomic E-state index is 6.26. The van der Waals surface area contributed by atoms with Gasteiger partial charge in [-0.1, -0.05) is 23.4 Å². The first kappa shape index (κ1) is 19.8. The van der Waals surface area contributed by atoms with Crippen molar-refractivity contribution in [2.45, 2.75) is 53.7 Å². The predicted octanol–water partition coefficient (Wildman–Crippen LogP) is 3.87. The minimum absolute atomic E-state index is 0.319. The predicted molar refractivity (Wildman–Crippen MR) is 121 cm³/mol. The molecule has 3 aromatic rings. The summed E-state index contributed by atoms with van der Waals surface area (Å²) in [7, 11) is 4.37. The van der Waals surface area contributed by atoms with E-state index in [1.807, 2.05) is 24.4 Å². The zero-order valence-corrected chi connectivity index (χ0v) is 18.6. The molecule has 0 saturated carbocycles. The lowest BCUT2D eigenvalue weighted by Gasteiger charge is -2.41. The van der Waals surface area contributed by atoms with E-state index in [1.165, 1.54) is 37.4 Å². The molecule has 7 nitrogen and oxygen atoms in total. The van der Waals surface area contributed by atoms with Crippen LogP contribution in [0, 0.1) is 0 Å². The molecule has 2 aliphatic rings. The lowest BCUT2D eigenvalue weighted by atomic mass is 9.96. The van der Waals surface area contributed by atoms with Crippen LogP contribution in [0.1, 0.15) is 25.7 Å². The molecule has 2 fully saturated rings. The molecule has 2 saturated heterocycles. The average Bonchev–Trinajstić information content (AvgIpc) is 3.00. The van der Waals surface area contributed by atoms with Crippen molar-refractivity contribution in [3.05, 3.63) is 35.6 Å².